The molecule has 0 spiro atoms. The van der Waals surface area contributed by atoms with Gasteiger partial charge >= 0.3 is 0 Å². The third kappa shape index (κ3) is 2.06. The monoisotopic (exact) mass is 267 g/mol. The minimum absolute atomic E-state index is 0.652. The van der Waals surface area contributed by atoms with Crippen LogP contribution in [0, 0.1) is 0 Å². The molecule has 0 fully saturated rings. The van der Waals surface area contributed by atoms with Gasteiger partial charge in [-0.1, -0.05) is 39.1 Å². The van der Waals surface area contributed by atoms with Crippen molar-refractivity contribution in [3.05, 3.63) is 26.7 Å². The van der Waals surface area contributed by atoms with Crippen LogP contribution in [0.15, 0.2) is 16.6 Å². The number of benzene rings is 1. The van der Waals surface area contributed by atoms with Crippen LogP contribution in [-0.2, 0) is 0 Å². The topological polar surface area (TPSA) is 3.24 Å². The van der Waals surface area contributed by atoms with Crippen molar-refractivity contribution in [2.45, 2.75) is 0 Å². The summed E-state index contributed by atoms with van der Waals surface area (Å²) >= 11 is 15.3. The van der Waals surface area contributed by atoms with Gasteiger partial charge in [-0.25, -0.2) is 0 Å². The number of halogens is 3. The number of hydrogen-bond acceptors (Lipinski definition) is 1. The molecule has 0 radical (unpaired) electrons. The van der Waals surface area contributed by atoms with Crippen molar-refractivity contribution in [2.24, 2.45) is 0 Å². The minimum Gasteiger partial charge on any atom is -0.375 e. The second-order valence-electron chi connectivity index (χ2n) is 2.61. The van der Waals surface area contributed by atoms with Crippen LogP contribution < -0.4 is 4.90 Å². The Morgan fingerprint density at radius 3 is 1.92 bits per heavy atom. The quantitative estimate of drug-likeness (QED) is 0.749. The molecule has 0 aliphatic heterocycles. The van der Waals surface area contributed by atoms with Crippen molar-refractivity contribution in [3.8, 4) is 0 Å². The van der Waals surface area contributed by atoms with Crippen LogP contribution in [0.5, 0.6) is 0 Å². The van der Waals surface area contributed by atoms with Crippen molar-refractivity contribution in [1.29, 1.82) is 0 Å². The summed E-state index contributed by atoms with van der Waals surface area (Å²) in [5.41, 5.74) is 0.849. The molecular weight excluding hydrogens is 261 g/mol. The van der Waals surface area contributed by atoms with E-state index in [2.05, 4.69) is 15.9 Å². The summed E-state index contributed by atoms with van der Waals surface area (Å²) in [6, 6.07) is 3.64. The van der Waals surface area contributed by atoms with Crippen LogP contribution >= 0.6 is 39.1 Å². The van der Waals surface area contributed by atoms with E-state index in [1.165, 1.54) is 0 Å². The molecule has 1 nitrogen and oxygen atoms in total. The summed E-state index contributed by atoms with van der Waals surface area (Å²) in [6.45, 7) is 0. The van der Waals surface area contributed by atoms with Crippen molar-refractivity contribution in [2.75, 3.05) is 19.0 Å². The highest BCUT2D eigenvalue weighted by Gasteiger charge is 2.08. The van der Waals surface area contributed by atoms with E-state index in [0.29, 0.717) is 10.0 Å². The Labute approximate surface area is 90.4 Å². The number of anilines is 1. The first-order chi connectivity index (χ1) is 5.52. The van der Waals surface area contributed by atoms with E-state index in [0.717, 1.165) is 10.2 Å². The summed E-state index contributed by atoms with van der Waals surface area (Å²) < 4.78 is 0.892. The molecule has 66 valence electrons. The lowest BCUT2D eigenvalue weighted by Gasteiger charge is -2.16. The Kier molecular flexibility index (Phi) is 3.27. The number of nitrogens with zero attached hydrogens (tertiary/aromatic N) is 1. The first-order valence-electron chi connectivity index (χ1n) is 3.34. The van der Waals surface area contributed by atoms with Gasteiger partial charge in [0.15, 0.2) is 0 Å². The van der Waals surface area contributed by atoms with Gasteiger partial charge in [-0.05, 0) is 12.1 Å². The Balaban J connectivity index is 3.28. The standard InChI is InChI=1S/C8H8BrCl2N/c1-12(2)8-6(10)3-5(9)4-7(8)11/h3-4H,1-2H3. The van der Waals surface area contributed by atoms with Gasteiger partial charge in [-0.3, -0.25) is 0 Å². The van der Waals surface area contributed by atoms with Gasteiger partial charge in [-0.2, -0.15) is 0 Å². The number of rotatable bonds is 1. The predicted molar refractivity (Wildman–Crippen MR) is 58.5 cm³/mol. The first-order valence-corrected chi connectivity index (χ1v) is 4.89. The molecule has 0 bridgehead atoms. The molecule has 0 unspecified atom stereocenters. The summed E-state index contributed by atoms with van der Waals surface area (Å²) in [6.07, 6.45) is 0. The Hall–Kier alpha value is 0.0800. The van der Waals surface area contributed by atoms with Crippen molar-refractivity contribution >= 4 is 44.8 Å². The Bertz CT molecular complexity index is 276. The average Bonchev–Trinajstić information content (AvgIpc) is 1.82. The van der Waals surface area contributed by atoms with Crippen molar-refractivity contribution < 1.29 is 0 Å². The minimum atomic E-state index is 0.652. The van der Waals surface area contributed by atoms with Gasteiger partial charge < -0.3 is 4.90 Å². The molecule has 0 aromatic heterocycles. The molecule has 0 saturated carbocycles. The molecule has 4 heteroatoms. The third-order valence-electron chi connectivity index (χ3n) is 1.43. The fourth-order valence-corrected chi connectivity index (χ4v) is 2.51. The fraction of sp³-hybridized carbons (Fsp3) is 0.250. The molecule has 0 heterocycles. The van der Waals surface area contributed by atoms with Crippen LogP contribution in [0.2, 0.25) is 10.0 Å². The van der Waals surface area contributed by atoms with Crippen LogP contribution in [0.4, 0.5) is 5.69 Å². The van der Waals surface area contributed by atoms with Crippen LogP contribution in [0.25, 0.3) is 0 Å². The van der Waals surface area contributed by atoms with E-state index in [1.807, 2.05) is 31.1 Å². The largest absolute Gasteiger partial charge is 0.375 e. The average molecular weight is 269 g/mol. The van der Waals surface area contributed by atoms with Gasteiger partial charge in [0.1, 0.15) is 0 Å². The Morgan fingerprint density at radius 2 is 1.58 bits per heavy atom. The molecule has 0 amide bonds. The van der Waals surface area contributed by atoms with Crippen LogP contribution in [0.1, 0.15) is 0 Å². The molecule has 0 aliphatic rings. The molecule has 12 heavy (non-hydrogen) atoms. The highest BCUT2D eigenvalue weighted by Crippen LogP contribution is 2.35. The van der Waals surface area contributed by atoms with E-state index in [9.17, 15) is 0 Å². The van der Waals surface area contributed by atoms with E-state index < -0.39 is 0 Å². The van der Waals surface area contributed by atoms with Crippen molar-refractivity contribution in [3.63, 3.8) is 0 Å². The highest BCUT2D eigenvalue weighted by molar-refractivity contribution is 9.10. The maximum atomic E-state index is 5.97. The van der Waals surface area contributed by atoms with E-state index in [-0.39, 0.29) is 0 Å². The Morgan fingerprint density at radius 1 is 1.17 bits per heavy atom. The maximum absolute atomic E-state index is 5.97. The molecule has 1 aromatic carbocycles. The van der Waals surface area contributed by atoms with Gasteiger partial charge in [0.2, 0.25) is 0 Å². The summed E-state index contributed by atoms with van der Waals surface area (Å²) in [4.78, 5) is 1.89. The molecule has 0 atom stereocenters. The summed E-state index contributed by atoms with van der Waals surface area (Å²) in [5.74, 6) is 0. The van der Waals surface area contributed by atoms with E-state index in [1.54, 1.807) is 0 Å². The summed E-state index contributed by atoms with van der Waals surface area (Å²) in [5, 5.41) is 1.30. The zero-order valence-corrected chi connectivity index (χ0v) is 9.83. The van der Waals surface area contributed by atoms with Crippen molar-refractivity contribution in [1.82, 2.24) is 0 Å². The van der Waals surface area contributed by atoms with Crippen LogP contribution in [-0.4, -0.2) is 14.1 Å². The number of hydrogen-bond donors (Lipinski definition) is 0. The molecule has 1 rings (SSSR count). The van der Waals surface area contributed by atoms with E-state index in [4.69, 9.17) is 23.2 Å². The lowest BCUT2D eigenvalue weighted by molar-refractivity contribution is 1.13. The fourth-order valence-electron chi connectivity index (χ4n) is 0.962. The van der Waals surface area contributed by atoms with Gasteiger partial charge in [0.05, 0.1) is 15.7 Å². The van der Waals surface area contributed by atoms with Gasteiger partial charge in [-0.15, -0.1) is 0 Å². The van der Waals surface area contributed by atoms with Gasteiger partial charge in [0.25, 0.3) is 0 Å². The molecule has 0 aliphatic carbocycles. The zero-order chi connectivity index (χ0) is 9.30. The second kappa shape index (κ2) is 3.86. The lowest BCUT2D eigenvalue weighted by atomic mass is 10.3. The lowest BCUT2D eigenvalue weighted by Crippen LogP contribution is -2.09. The zero-order valence-electron chi connectivity index (χ0n) is 6.74. The molecule has 1 aromatic rings. The normalized spacial score (nSPS) is 10.1. The predicted octanol–water partition coefficient (Wildman–Crippen LogP) is 3.82. The highest BCUT2D eigenvalue weighted by atomic mass is 79.9. The summed E-state index contributed by atoms with van der Waals surface area (Å²) in [7, 11) is 3.81. The van der Waals surface area contributed by atoms with Crippen LogP contribution in [0.3, 0.4) is 0 Å². The first kappa shape index (κ1) is 10.2. The van der Waals surface area contributed by atoms with Gasteiger partial charge in [0, 0.05) is 18.6 Å². The SMILES string of the molecule is CN(C)c1c(Cl)cc(Br)cc1Cl. The molecule has 0 saturated heterocycles. The molecular formula is C8H8BrCl2N. The van der Waals surface area contributed by atoms with E-state index >= 15 is 0 Å². The second-order valence-corrected chi connectivity index (χ2v) is 4.34. The smallest absolute Gasteiger partial charge is 0.0740 e. The third-order valence-corrected chi connectivity index (χ3v) is 2.46. The maximum Gasteiger partial charge on any atom is 0.0740 e. The molecule has 0 N–H and O–H groups in total.